The summed E-state index contributed by atoms with van der Waals surface area (Å²) in [5.41, 5.74) is 0.994. The number of amides is 2. The van der Waals surface area contributed by atoms with E-state index in [9.17, 15) is 9.59 Å². The minimum Gasteiger partial charge on any atom is -0.348 e. The fraction of sp³-hybridized carbons (Fsp3) is 0.429. The normalized spacial score (nSPS) is 18.1. The lowest BCUT2D eigenvalue weighted by Gasteiger charge is -2.42. The molecule has 0 unspecified atom stereocenters. The molecule has 0 spiro atoms. The molecule has 0 bridgehead atoms. The van der Waals surface area contributed by atoms with Crippen molar-refractivity contribution < 1.29 is 9.59 Å². The first kappa shape index (κ1) is 14.8. The predicted octanol–water partition coefficient (Wildman–Crippen LogP) is 1.30. The second-order valence-corrected chi connectivity index (χ2v) is 5.76. The standard InChI is InChI=1S/C14H18ClN3O2/c1-14(2)13(20)17-12(19)8-18(14)11-6-10(15)5-4-9(11)7-16-3/h4-6,16H,7-8H2,1-3H3,(H,17,19,20). The van der Waals surface area contributed by atoms with E-state index in [0.29, 0.717) is 11.6 Å². The minimum absolute atomic E-state index is 0.135. The van der Waals surface area contributed by atoms with Crippen molar-refractivity contribution in [1.29, 1.82) is 0 Å². The summed E-state index contributed by atoms with van der Waals surface area (Å²) in [5, 5.41) is 6.02. The summed E-state index contributed by atoms with van der Waals surface area (Å²) in [6, 6.07) is 5.50. The molecule has 5 nitrogen and oxygen atoms in total. The van der Waals surface area contributed by atoms with E-state index in [-0.39, 0.29) is 18.4 Å². The van der Waals surface area contributed by atoms with Crippen LogP contribution in [0.15, 0.2) is 18.2 Å². The fourth-order valence-corrected chi connectivity index (χ4v) is 2.46. The van der Waals surface area contributed by atoms with Crippen molar-refractivity contribution >= 4 is 29.1 Å². The first-order valence-electron chi connectivity index (χ1n) is 6.41. The van der Waals surface area contributed by atoms with Gasteiger partial charge in [-0.2, -0.15) is 0 Å². The number of carbonyl (C=O) groups is 2. The van der Waals surface area contributed by atoms with E-state index in [1.165, 1.54) is 0 Å². The number of imide groups is 1. The van der Waals surface area contributed by atoms with Crippen molar-refractivity contribution in [2.75, 3.05) is 18.5 Å². The topological polar surface area (TPSA) is 61.4 Å². The lowest BCUT2D eigenvalue weighted by atomic mass is 9.96. The Morgan fingerprint density at radius 3 is 2.75 bits per heavy atom. The maximum atomic E-state index is 12.0. The van der Waals surface area contributed by atoms with E-state index >= 15 is 0 Å². The van der Waals surface area contributed by atoms with E-state index in [0.717, 1.165) is 11.3 Å². The summed E-state index contributed by atoms with van der Waals surface area (Å²) in [7, 11) is 1.84. The van der Waals surface area contributed by atoms with Crippen LogP contribution in [-0.4, -0.2) is 30.9 Å². The quantitative estimate of drug-likeness (QED) is 0.825. The number of hydrogen-bond donors (Lipinski definition) is 2. The molecule has 108 valence electrons. The fourth-order valence-electron chi connectivity index (χ4n) is 2.30. The average molecular weight is 296 g/mol. The third kappa shape index (κ3) is 2.64. The van der Waals surface area contributed by atoms with Gasteiger partial charge in [0.05, 0.1) is 6.54 Å². The molecule has 0 atom stereocenters. The summed E-state index contributed by atoms with van der Waals surface area (Å²) < 4.78 is 0. The zero-order valence-electron chi connectivity index (χ0n) is 11.8. The van der Waals surface area contributed by atoms with Gasteiger partial charge in [0.25, 0.3) is 5.91 Å². The van der Waals surface area contributed by atoms with Crippen LogP contribution in [0.2, 0.25) is 5.02 Å². The highest BCUT2D eigenvalue weighted by Gasteiger charge is 2.41. The summed E-state index contributed by atoms with van der Waals surface area (Å²) in [5.74, 6) is -0.603. The molecule has 1 aliphatic heterocycles. The molecule has 1 aliphatic rings. The number of anilines is 1. The summed E-state index contributed by atoms with van der Waals surface area (Å²) in [6.07, 6.45) is 0. The van der Waals surface area contributed by atoms with Crippen LogP contribution in [0.5, 0.6) is 0 Å². The van der Waals surface area contributed by atoms with E-state index in [2.05, 4.69) is 10.6 Å². The van der Waals surface area contributed by atoms with Gasteiger partial charge in [0, 0.05) is 17.3 Å². The van der Waals surface area contributed by atoms with Crippen LogP contribution < -0.4 is 15.5 Å². The predicted molar refractivity (Wildman–Crippen MR) is 78.8 cm³/mol. The van der Waals surface area contributed by atoms with Crippen LogP contribution >= 0.6 is 11.6 Å². The van der Waals surface area contributed by atoms with Crippen LogP contribution in [-0.2, 0) is 16.1 Å². The van der Waals surface area contributed by atoms with E-state index < -0.39 is 5.54 Å². The largest absolute Gasteiger partial charge is 0.348 e. The molecule has 0 aromatic heterocycles. The lowest BCUT2D eigenvalue weighted by molar-refractivity contribution is -0.135. The van der Waals surface area contributed by atoms with Crippen LogP contribution in [0.4, 0.5) is 5.69 Å². The Bertz CT molecular complexity index is 557. The number of piperazine rings is 1. The number of carbonyl (C=O) groups excluding carboxylic acids is 2. The zero-order valence-corrected chi connectivity index (χ0v) is 12.5. The second kappa shape index (κ2) is 5.42. The minimum atomic E-state index is -0.804. The SMILES string of the molecule is CNCc1ccc(Cl)cc1N1CC(=O)NC(=O)C1(C)C. The molecular formula is C14H18ClN3O2. The van der Waals surface area contributed by atoms with Gasteiger partial charge in [-0.25, -0.2) is 0 Å². The molecule has 6 heteroatoms. The third-order valence-electron chi connectivity index (χ3n) is 3.49. The Morgan fingerprint density at radius 2 is 2.10 bits per heavy atom. The van der Waals surface area contributed by atoms with Crippen molar-refractivity contribution in [1.82, 2.24) is 10.6 Å². The van der Waals surface area contributed by atoms with E-state index in [1.54, 1.807) is 30.9 Å². The van der Waals surface area contributed by atoms with Crippen molar-refractivity contribution in [2.24, 2.45) is 0 Å². The van der Waals surface area contributed by atoms with E-state index in [4.69, 9.17) is 11.6 Å². The average Bonchev–Trinajstić information content (AvgIpc) is 2.37. The molecule has 2 amide bonds. The number of rotatable bonds is 3. The molecule has 0 radical (unpaired) electrons. The van der Waals surface area contributed by atoms with E-state index in [1.807, 2.05) is 13.1 Å². The van der Waals surface area contributed by atoms with Crippen molar-refractivity contribution in [3.63, 3.8) is 0 Å². The van der Waals surface area contributed by atoms with Crippen molar-refractivity contribution in [2.45, 2.75) is 25.9 Å². The van der Waals surface area contributed by atoms with Crippen LogP contribution in [0.3, 0.4) is 0 Å². The molecule has 0 saturated carbocycles. The highest BCUT2D eigenvalue weighted by molar-refractivity contribution is 6.31. The van der Waals surface area contributed by atoms with Gasteiger partial charge in [-0.3, -0.25) is 14.9 Å². The molecule has 1 saturated heterocycles. The molecule has 2 rings (SSSR count). The van der Waals surface area contributed by atoms with Crippen molar-refractivity contribution in [3.8, 4) is 0 Å². The van der Waals surface area contributed by atoms with Gasteiger partial charge in [0.1, 0.15) is 5.54 Å². The molecule has 20 heavy (non-hydrogen) atoms. The number of halogens is 1. The maximum absolute atomic E-state index is 12.0. The van der Waals surface area contributed by atoms with Crippen molar-refractivity contribution in [3.05, 3.63) is 28.8 Å². The monoisotopic (exact) mass is 295 g/mol. The highest BCUT2D eigenvalue weighted by atomic mass is 35.5. The Balaban J connectivity index is 2.50. The van der Waals surface area contributed by atoms with Crippen LogP contribution in [0, 0.1) is 0 Å². The Labute approximate surface area is 123 Å². The third-order valence-corrected chi connectivity index (χ3v) is 3.73. The van der Waals surface area contributed by atoms with Gasteiger partial charge >= 0.3 is 0 Å². The van der Waals surface area contributed by atoms with Crippen LogP contribution in [0.25, 0.3) is 0 Å². The summed E-state index contributed by atoms with van der Waals surface area (Å²) in [4.78, 5) is 25.5. The number of hydrogen-bond acceptors (Lipinski definition) is 4. The number of nitrogens with zero attached hydrogens (tertiary/aromatic N) is 1. The number of benzene rings is 1. The Hall–Kier alpha value is -1.59. The number of nitrogens with one attached hydrogen (secondary N) is 2. The summed E-state index contributed by atoms with van der Waals surface area (Å²) in [6.45, 7) is 4.35. The molecule has 1 aromatic carbocycles. The molecule has 0 aliphatic carbocycles. The second-order valence-electron chi connectivity index (χ2n) is 5.33. The smallest absolute Gasteiger partial charge is 0.251 e. The van der Waals surface area contributed by atoms with Gasteiger partial charge in [-0.05, 0) is 38.6 Å². The Morgan fingerprint density at radius 1 is 1.40 bits per heavy atom. The molecular weight excluding hydrogens is 278 g/mol. The first-order valence-corrected chi connectivity index (χ1v) is 6.79. The molecule has 1 aromatic rings. The molecule has 1 heterocycles. The van der Waals surface area contributed by atoms with Gasteiger partial charge in [-0.15, -0.1) is 0 Å². The highest BCUT2D eigenvalue weighted by Crippen LogP contribution is 2.31. The molecule has 1 fully saturated rings. The van der Waals surface area contributed by atoms with Gasteiger partial charge in [0.2, 0.25) is 5.91 Å². The lowest BCUT2D eigenvalue weighted by Crippen LogP contribution is -2.64. The van der Waals surface area contributed by atoms with Gasteiger partial charge < -0.3 is 10.2 Å². The van der Waals surface area contributed by atoms with Gasteiger partial charge in [-0.1, -0.05) is 17.7 Å². The molecule has 2 N–H and O–H groups in total. The zero-order chi connectivity index (χ0) is 14.9. The summed E-state index contributed by atoms with van der Waals surface area (Å²) >= 11 is 6.07. The Kier molecular flexibility index (Phi) is 4.01. The van der Waals surface area contributed by atoms with Crippen LogP contribution in [0.1, 0.15) is 19.4 Å². The first-order chi connectivity index (χ1) is 9.36. The van der Waals surface area contributed by atoms with Gasteiger partial charge in [0.15, 0.2) is 0 Å². The maximum Gasteiger partial charge on any atom is 0.251 e.